The molecule has 24 heavy (non-hydrogen) atoms. The van der Waals surface area contributed by atoms with Crippen LogP contribution in [-0.2, 0) is 42.9 Å². The number of rotatable bonds is 5. The van der Waals surface area contributed by atoms with E-state index in [1.807, 2.05) is 0 Å². The lowest BCUT2D eigenvalue weighted by Gasteiger charge is -2.43. The molecule has 0 aromatic carbocycles. The molecule has 0 unspecified atom stereocenters. The van der Waals surface area contributed by atoms with Gasteiger partial charge in [-0.25, -0.2) is 4.39 Å². The molecule has 0 aliphatic carbocycles. The number of halogens is 1. The van der Waals surface area contributed by atoms with Gasteiger partial charge in [-0.1, -0.05) is 0 Å². The van der Waals surface area contributed by atoms with Crippen LogP contribution in [0.3, 0.4) is 0 Å². The Morgan fingerprint density at radius 2 is 1.17 bits per heavy atom. The second-order valence-corrected chi connectivity index (χ2v) is 5.03. The van der Waals surface area contributed by atoms with Crippen molar-refractivity contribution in [1.82, 2.24) is 0 Å². The van der Waals surface area contributed by atoms with E-state index < -0.39 is 61.3 Å². The third-order valence-electron chi connectivity index (χ3n) is 2.93. The van der Waals surface area contributed by atoms with Gasteiger partial charge in [-0.2, -0.15) is 0 Å². The van der Waals surface area contributed by atoms with E-state index >= 15 is 0 Å². The Labute approximate surface area is 137 Å². The number of hydrogen-bond donors (Lipinski definition) is 0. The van der Waals surface area contributed by atoms with Crippen LogP contribution in [0, 0.1) is 0 Å². The number of esters is 4. The molecular formula is C14H19FO9. The minimum Gasteiger partial charge on any atom is -0.456 e. The van der Waals surface area contributed by atoms with Gasteiger partial charge in [0.2, 0.25) is 12.4 Å². The highest BCUT2D eigenvalue weighted by atomic mass is 19.1. The summed E-state index contributed by atoms with van der Waals surface area (Å²) >= 11 is 0. The lowest BCUT2D eigenvalue weighted by molar-refractivity contribution is -0.297. The zero-order valence-corrected chi connectivity index (χ0v) is 13.6. The highest BCUT2D eigenvalue weighted by Gasteiger charge is 2.53. The fraction of sp³-hybridized carbons (Fsp3) is 0.714. The molecule has 0 bridgehead atoms. The summed E-state index contributed by atoms with van der Waals surface area (Å²) in [4.78, 5) is 45.1. The van der Waals surface area contributed by atoms with Gasteiger partial charge < -0.3 is 23.7 Å². The number of carbonyl (C=O) groups is 4. The highest BCUT2D eigenvalue weighted by Crippen LogP contribution is 2.29. The molecule has 5 atom stereocenters. The van der Waals surface area contributed by atoms with Crippen molar-refractivity contribution in [2.75, 3.05) is 6.67 Å². The normalized spacial score (nSPS) is 29.3. The summed E-state index contributed by atoms with van der Waals surface area (Å²) in [6.07, 6.45) is -7.12. The fourth-order valence-corrected chi connectivity index (χ4v) is 2.24. The van der Waals surface area contributed by atoms with Crippen molar-refractivity contribution in [3.8, 4) is 0 Å². The Morgan fingerprint density at radius 1 is 0.750 bits per heavy atom. The predicted octanol–water partition coefficient (Wildman–Crippen LogP) is 0.0390. The summed E-state index contributed by atoms with van der Waals surface area (Å²) in [5, 5.41) is 0. The first-order valence-corrected chi connectivity index (χ1v) is 7.06. The molecule has 0 saturated carbocycles. The van der Waals surface area contributed by atoms with Crippen LogP contribution in [0.2, 0.25) is 0 Å². The van der Waals surface area contributed by atoms with E-state index in [9.17, 15) is 23.6 Å². The zero-order valence-electron chi connectivity index (χ0n) is 13.6. The standard InChI is InChI=1S/C14H19FO9/c1-6(16)20-11-10(5-15)24-14(23-9(4)19)13(22-8(3)18)12(11)21-7(2)17/h10-14H,5H2,1-4H3/t10-,11+,12-,13-,14+/m1/s1. The Bertz CT molecular complexity index is 506. The Hall–Kier alpha value is -2.23. The first-order valence-electron chi connectivity index (χ1n) is 7.06. The molecule has 1 heterocycles. The first kappa shape index (κ1) is 19.8. The van der Waals surface area contributed by atoms with Crippen LogP contribution in [0.15, 0.2) is 0 Å². The van der Waals surface area contributed by atoms with Crippen LogP contribution in [0.5, 0.6) is 0 Å². The first-order chi connectivity index (χ1) is 11.1. The van der Waals surface area contributed by atoms with Crippen molar-refractivity contribution in [2.24, 2.45) is 0 Å². The van der Waals surface area contributed by atoms with Crippen LogP contribution in [0.1, 0.15) is 27.7 Å². The molecule has 0 amide bonds. The average molecular weight is 350 g/mol. The Balaban J connectivity index is 3.23. The molecular weight excluding hydrogens is 331 g/mol. The van der Waals surface area contributed by atoms with Crippen LogP contribution in [-0.4, -0.2) is 61.3 Å². The maximum absolute atomic E-state index is 13.3. The molecule has 0 N–H and O–H groups in total. The van der Waals surface area contributed by atoms with E-state index in [-0.39, 0.29) is 0 Å². The van der Waals surface area contributed by atoms with Gasteiger partial charge in [-0.05, 0) is 0 Å². The SMILES string of the molecule is CC(=O)O[C@H]1O[C@H](CF)[C@H](OC(C)=O)[C@@H](OC(C)=O)[C@H]1OC(C)=O. The molecule has 1 fully saturated rings. The lowest BCUT2D eigenvalue weighted by atomic mass is 9.98. The van der Waals surface area contributed by atoms with Gasteiger partial charge in [-0.3, -0.25) is 19.2 Å². The van der Waals surface area contributed by atoms with Gasteiger partial charge in [0.05, 0.1) is 0 Å². The van der Waals surface area contributed by atoms with Crippen molar-refractivity contribution in [2.45, 2.75) is 58.4 Å². The van der Waals surface area contributed by atoms with Crippen molar-refractivity contribution >= 4 is 23.9 Å². The van der Waals surface area contributed by atoms with Gasteiger partial charge >= 0.3 is 23.9 Å². The summed E-state index contributed by atoms with van der Waals surface area (Å²) in [5.74, 6) is -3.16. The zero-order chi connectivity index (χ0) is 18.4. The van der Waals surface area contributed by atoms with Gasteiger partial charge in [0.15, 0.2) is 12.2 Å². The minimum absolute atomic E-state index is 0.785. The smallest absolute Gasteiger partial charge is 0.305 e. The van der Waals surface area contributed by atoms with E-state index in [0.29, 0.717) is 0 Å². The van der Waals surface area contributed by atoms with Gasteiger partial charge in [0.25, 0.3) is 0 Å². The molecule has 10 heteroatoms. The summed E-state index contributed by atoms with van der Waals surface area (Å²) < 4.78 is 38.4. The number of carbonyl (C=O) groups excluding carboxylic acids is 4. The van der Waals surface area contributed by atoms with Crippen molar-refractivity contribution in [3.63, 3.8) is 0 Å². The Kier molecular flexibility index (Phi) is 7.08. The largest absolute Gasteiger partial charge is 0.456 e. The fourth-order valence-electron chi connectivity index (χ4n) is 2.24. The molecule has 1 aliphatic rings. The van der Waals surface area contributed by atoms with Crippen molar-refractivity contribution in [3.05, 3.63) is 0 Å². The second-order valence-electron chi connectivity index (χ2n) is 5.03. The minimum atomic E-state index is -1.52. The topological polar surface area (TPSA) is 114 Å². The number of alkyl halides is 1. The number of ether oxygens (including phenoxy) is 5. The molecule has 0 aromatic rings. The maximum Gasteiger partial charge on any atom is 0.305 e. The van der Waals surface area contributed by atoms with Crippen LogP contribution < -0.4 is 0 Å². The quantitative estimate of drug-likeness (QED) is 0.500. The maximum atomic E-state index is 13.3. The second kappa shape index (κ2) is 8.57. The van der Waals surface area contributed by atoms with E-state index in [1.54, 1.807) is 0 Å². The highest BCUT2D eigenvalue weighted by molar-refractivity contribution is 5.69. The van der Waals surface area contributed by atoms with Crippen LogP contribution in [0.4, 0.5) is 4.39 Å². The van der Waals surface area contributed by atoms with E-state index in [1.165, 1.54) is 0 Å². The van der Waals surface area contributed by atoms with Crippen molar-refractivity contribution < 1.29 is 47.3 Å². The van der Waals surface area contributed by atoms with Crippen LogP contribution in [0.25, 0.3) is 0 Å². The third kappa shape index (κ3) is 5.44. The molecule has 9 nitrogen and oxygen atoms in total. The van der Waals surface area contributed by atoms with Gasteiger partial charge in [-0.15, -0.1) is 0 Å². The molecule has 1 rings (SSSR count). The van der Waals surface area contributed by atoms with E-state index in [0.717, 1.165) is 27.7 Å². The summed E-state index contributed by atoms with van der Waals surface area (Å²) in [7, 11) is 0. The van der Waals surface area contributed by atoms with E-state index in [2.05, 4.69) is 0 Å². The molecule has 136 valence electrons. The Morgan fingerprint density at radius 3 is 1.58 bits per heavy atom. The number of hydrogen-bond acceptors (Lipinski definition) is 9. The van der Waals surface area contributed by atoms with Crippen LogP contribution >= 0.6 is 0 Å². The molecule has 1 saturated heterocycles. The molecule has 0 aromatic heterocycles. The average Bonchev–Trinajstić information content (AvgIpc) is 2.42. The summed E-state index contributed by atoms with van der Waals surface area (Å²) in [6, 6.07) is 0. The lowest BCUT2D eigenvalue weighted by Crippen LogP contribution is -2.62. The summed E-state index contributed by atoms with van der Waals surface area (Å²) in [5.41, 5.74) is 0. The third-order valence-corrected chi connectivity index (χ3v) is 2.93. The molecule has 0 spiro atoms. The van der Waals surface area contributed by atoms with Crippen molar-refractivity contribution in [1.29, 1.82) is 0 Å². The monoisotopic (exact) mass is 350 g/mol. The molecule has 0 radical (unpaired) electrons. The molecule has 1 aliphatic heterocycles. The van der Waals surface area contributed by atoms with Gasteiger partial charge in [0, 0.05) is 27.7 Å². The predicted molar refractivity (Wildman–Crippen MR) is 73.1 cm³/mol. The van der Waals surface area contributed by atoms with Gasteiger partial charge in [0.1, 0.15) is 12.8 Å². The van der Waals surface area contributed by atoms with E-state index in [4.69, 9.17) is 23.7 Å². The summed E-state index contributed by atoms with van der Waals surface area (Å²) in [6.45, 7) is 3.14.